The number of Topliss-reactive ketones (excluding diaryl/α,β-unsaturated/α-hetero) is 1. The van der Waals surface area contributed by atoms with Crippen molar-refractivity contribution in [2.75, 3.05) is 7.11 Å². The van der Waals surface area contributed by atoms with Crippen LogP contribution in [0, 0.1) is 5.92 Å². The number of H-pyrrole nitrogens is 1. The average Bonchev–Trinajstić information content (AvgIpc) is 2.80. The first-order valence-electron chi connectivity index (χ1n) is 5.87. The molecule has 1 N–H and O–H groups in total. The number of carbonyl (C=O) groups is 1. The second-order valence-electron chi connectivity index (χ2n) is 4.26. The van der Waals surface area contributed by atoms with E-state index in [1.807, 2.05) is 32.0 Å². The van der Waals surface area contributed by atoms with E-state index in [4.69, 9.17) is 4.74 Å². The second kappa shape index (κ2) is 4.62. The Morgan fingerprint density at radius 3 is 2.88 bits per heavy atom. The Hall–Kier alpha value is -1.77. The summed E-state index contributed by atoms with van der Waals surface area (Å²) < 4.78 is 5.32. The summed E-state index contributed by atoms with van der Waals surface area (Å²) in [6.07, 6.45) is 2.63. The number of hydrogen-bond donors (Lipinski definition) is 1. The van der Waals surface area contributed by atoms with Crippen molar-refractivity contribution < 1.29 is 9.53 Å². The molecule has 1 unspecified atom stereocenters. The molecule has 17 heavy (non-hydrogen) atoms. The quantitative estimate of drug-likeness (QED) is 0.819. The van der Waals surface area contributed by atoms with Gasteiger partial charge in [0.1, 0.15) is 5.75 Å². The highest BCUT2D eigenvalue weighted by Crippen LogP contribution is 2.30. The number of ketones is 1. The highest BCUT2D eigenvalue weighted by molar-refractivity contribution is 6.10. The van der Waals surface area contributed by atoms with Crippen molar-refractivity contribution in [2.45, 2.75) is 20.3 Å². The molecule has 0 saturated carbocycles. The van der Waals surface area contributed by atoms with Crippen LogP contribution in [0.1, 0.15) is 30.6 Å². The van der Waals surface area contributed by atoms with Gasteiger partial charge >= 0.3 is 0 Å². The zero-order valence-electron chi connectivity index (χ0n) is 10.4. The molecule has 2 aromatic rings. The molecule has 0 radical (unpaired) electrons. The lowest BCUT2D eigenvalue weighted by molar-refractivity contribution is 0.0929. The number of ether oxygens (including phenoxy) is 1. The molecule has 1 atom stereocenters. The van der Waals surface area contributed by atoms with Gasteiger partial charge in [0.2, 0.25) is 0 Å². The van der Waals surface area contributed by atoms with Gasteiger partial charge in [0.15, 0.2) is 5.78 Å². The SMILES string of the molecule is CCC(C)C(=O)c1c[nH]c2cccc(OC)c12. The van der Waals surface area contributed by atoms with Gasteiger partial charge in [-0.15, -0.1) is 0 Å². The number of nitrogens with one attached hydrogen (secondary N) is 1. The number of rotatable bonds is 4. The predicted octanol–water partition coefficient (Wildman–Crippen LogP) is 3.41. The van der Waals surface area contributed by atoms with E-state index >= 15 is 0 Å². The lowest BCUT2D eigenvalue weighted by atomic mass is 9.96. The van der Waals surface area contributed by atoms with Crippen molar-refractivity contribution in [3.63, 3.8) is 0 Å². The van der Waals surface area contributed by atoms with Crippen LogP contribution in [0.5, 0.6) is 5.75 Å². The lowest BCUT2D eigenvalue weighted by Crippen LogP contribution is -2.09. The zero-order valence-corrected chi connectivity index (χ0v) is 10.4. The molecule has 1 heterocycles. The predicted molar refractivity (Wildman–Crippen MR) is 68.6 cm³/mol. The minimum Gasteiger partial charge on any atom is -0.496 e. The van der Waals surface area contributed by atoms with Gasteiger partial charge in [0, 0.05) is 23.2 Å². The first-order valence-corrected chi connectivity index (χ1v) is 5.87. The van der Waals surface area contributed by atoms with E-state index in [1.54, 1.807) is 13.3 Å². The largest absolute Gasteiger partial charge is 0.496 e. The number of hydrogen-bond acceptors (Lipinski definition) is 2. The summed E-state index contributed by atoms with van der Waals surface area (Å²) in [7, 11) is 1.62. The van der Waals surface area contributed by atoms with Gasteiger partial charge in [-0.2, -0.15) is 0 Å². The number of aromatic nitrogens is 1. The third-order valence-electron chi connectivity index (χ3n) is 3.21. The number of methoxy groups -OCH3 is 1. The van der Waals surface area contributed by atoms with Crippen molar-refractivity contribution in [3.05, 3.63) is 30.0 Å². The number of benzene rings is 1. The Labute approximate surface area is 101 Å². The van der Waals surface area contributed by atoms with Crippen LogP contribution in [0.3, 0.4) is 0 Å². The van der Waals surface area contributed by atoms with E-state index in [2.05, 4.69) is 4.98 Å². The summed E-state index contributed by atoms with van der Waals surface area (Å²) in [5, 5.41) is 0.889. The van der Waals surface area contributed by atoms with Gasteiger partial charge in [0.25, 0.3) is 0 Å². The van der Waals surface area contributed by atoms with E-state index in [1.165, 1.54) is 0 Å². The van der Waals surface area contributed by atoms with Crippen molar-refractivity contribution in [1.29, 1.82) is 0 Å². The van der Waals surface area contributed by atoms with Gasteiger partial charge in [-0.25, -0.2) is 0 Å². The van der Waals surface area contributed by atoms with Crippen LogP contribution in [-0.2, 0) is 0 Å². The summed E-state index contributed by atoms with van der Waals surface area (Å²) in [4.78, 5) is 15.4. The van der Waals surface area contributed by atoms with Crippen molar-refractivity contribution in [1.82, 2.24) is 4.98 Å². The van der Waals surface area contributed by atoms with E-state index in [0.29, 0.717) is 0 Å². The lowest BCUT2D eigenvalue weighted by Gasteiger charge is -2.08. The van der Waals surface area contributed by atoms with E-state index in [0.717, 1.165) is 28.6 Å². The molecule has 0 aliphatic carbocycles. The number of fused-ring (bicyclic) bond motifs is 1. The van der Waals surface area contributed by atoms with Gasteiger partial charge in [-0.1, -0.05) is 19.9 Å². The van der Waals surface area contributed by atoms with E-state index in [9.17, 15) is 4.79 Å². The third-order valence-corrected chi connectivity index (χ3v) is 3.21. The number of aromatic amines is 1. The smallest absolute Gasteiger partial charge is 0.167 e. The second-order valence-corrected chi connectivity index (χ2v) is 4.26. The molecule has 1 aromatic carbocycles. The van der Waals surface area contributed by atoms with Gasteiger partial charge in [0.05, 0.1) is 12.5 Å². The van der Waals surface area contributed by atoms with Crippen LogP contribution < -0.4 is 4.74 Å². The summed E-state index contributed by atoms with van der Waals surface area (Å²) in [6.45, 7) is 3.98. The van der Waals surface area contributed by atoms with E-state index < -0.39 is 0 Å². The average molecular weight is 231 g/mol. The Balaban J connectivity index is 2.59. The third kappa shape index (κ3) is 1.93. The van der Waals surface area contributed by atoms with Crippen LogP contribution in [0.2, 0.25) is 0 Å². The molecule has 0 spiro atoms. The van der Waals surface area contributed by atoms with E-state index in [-0.39, 0.29) is 11.7 Å². The fourth-order valence-electron chi connectivity index (χ4n) is 1.97. The summed E-state index contributed by atoms with van der Waals surface area (Å²) >= 11 is 0. The molecule has 0 bridgehead atoms. The van der Waals surface area contributed by atoms with Crippen molar-refractivity contribution >= 4 is 16.7 Å². The molecular formula is C14H17NO2. The fraction of sp³-hybridized carbons (Fsp3) is 0.357. The maximum absolute atomic E-state index is 12.2. The normalized spacial score (nSPS) is 12.6. The summed E-state index contributed by atoms with van der Waals surface area (Å²) in [6, 6.07) is 5.74. The van der Waals surface area contributed by atoms with Gasteiger partial charge in [-0.3, -0.25) is 4.79 Å². The van der Waals surface area contributed by atoms with Gasteiger partial charge < -0.3 is 9.72 Å². The topological polar surface area (TPSA) is 42.1 Å². The first kappa shape index (κ1) is 11.7. The Bertz CT molecular complexity index is 542. The van der Waals surface area contributed by atoms with Crippen LogP contribution in [0.25, 0.3) is 10.9 Å². The standard InChI is InChI=1S/C14H17NO2/c1-4-9(2)14(16)10-8-15-11-6-5-7-12(17-3)13(10)11/h5-9,15H,4H2,1-3H3. The Kier molecular flexibility index (Phi) is 3.18. The maximum atomic E-state index is 12.2. The number of carbonyl (C=O) groups excluding carboxylic acids is 1. The summed E-state index contributed by atoms with van der Waals surface area (Å²) in [5.74, 6) is 0.956. The minimum absolute atomic E-state index is 0.0407. The first-order chi connectivity index (χ1) is 8.19. The Morgan fingerprint density at radius 1 is 1.47 bits per heavy atom. The van der Waals surface area contributed by atoms with Gasteiger partial charge in [-0.05, 0) is 18.6 Å². The Morgan fingerprint density at radius 2 is 2.24 bits per heavy atom. The van der Waals surface area contributed by atoms with Crippen LogP contribution in [0.4, 0.5) is 0 Å². The minimum atomic E-state index is 0.0407. The monoisotopic (exact) mass is 231 g/mol. The molecule has 2 rings (SSSR count). The maximum Gasteiger partial charge on any atom is 0.167 e. The van der Waals surface area contributed by atoms with Crippen molar-refractivity contribution in [2.24, 2.45) is 5.92 Å². The van der Waals surface area contributed by atoms with Crippen molar-refractivity contribution in [3.8, 4) is 5.75 Å². The molecule has 0 aliphatic heterocycles. The molecule has 0 aliphatic rings. The molecule has 3 nitrogen and oxygen atoms in total. The molecule has 90 valence electrons. The molecule has 3 heteroatoms. The highest BCUT2D eigenvalue weighted by Gasteiger charge is 2.19. The van der Waals surface area contributed by atoms with Crippen LogP contribution >= 0.6 is 0 Å². The summed E-state index contributed by atoms with van der Waals surface area (Å²) in [5.41, 5.74) is 1.67. The fourth-order valence-corrected chi connectivity index (χ4v) is 1.97. The molecule has 0 fully saturated rings. The van der Waals surface area contributed by atoms with Crippen LogP contribution in [0.15, 0.2) is 24.4 Å². The van der Waals surface area contributed by atoms with Crippen LogP contribution in [-0.4, -0.2) is 17.9 Å². The highest BCUT2D eigenvalue weighted by atomic mass is 16.5. The molecular weight excluding hydrogens is 214 g/mol. The zero-order chi connectivity index (χ0) is 12.4. The molecule has 1 aromatic heterocycles. The molecule has 0 amide bonds. The molecule has 0 saturated heterocycles.